The number of rotatable bonds is 26. The highest BCUT2D eigenvalue weighted by Gasteiger charge is 2.14. The van der Waals surface area contributed by atoms with Gasteiger partial charge in [-0.2, -0.15) is 0 Å². The Labute approximate surface area is 280 Å². The first-order chi connectivity index (χ1) is 22.1. The Bertz CT molecular complexity index is 965. The molecule has 0 atom stereocenters. The molecule has 0 saturated heterocycles. The molecule has 0 aliphatic carbocycles. The molecule has 12 heteroatoms. The minimum Gasteiger partial charge on any atom is -0.490 e. The van der Waals surface area contributed by atoms with Gasteiger partial charge in [-0.1, -0.05) is 51.1 Å². The number of hydrogen-bond donors (Lipinski definition) is 0. The summed E-state index contributed by atoms with van der Waals surface area (Å²) in [6.45, 7) is 21.2. The molecule has 0 fully saturated rings. The Morgan fingerprint density at radius 3 is 0.935 bits per heavy atom. The van der Waals surface area contributed by atoms with E-state index in [4.69, 9.17) is 47.4 Å². The summed E-state index contributed by atoms with van der Waals surface area (Å²) >= 11 is 0. The van der Waals surface area contributed by atoms with Gasteiger partial charge >= 0.3 is 0 Å². The standard InChI is InChI=1S/C34H58O10Si2/c1-35-11-13-37-15-17-39-19-21-41-23-25-43-33-29-32(10-28-46(6,7)8)34(30-31(33)9-27-45(3,4)5)44-26-24-42-22-20-40-18-16-38-14-12-36-2/h29-30H,11-26H2,1-8H3. The molecule has 0 aromatic heterocycles. The third kappa shape index (κ3) is 24.3. The van der Waals surface area contributed by atoms with Crippen molar-refractivity contribution in [1.29, 1.82) is 0 Å². The van der Waals surface area contributed by atoms with Crippen LogP contribution < -0.4 is 9.47 Å². The smallest absolute Gasteiger partial charge is 0.136 e. The lowest BCUT2D eigenvalue weighted by Crippen LogP contribution is -2.17. The molecule has 0 amide bonds. The monoisotopic (exact) mass is 682 g/mol. The average Bonchev–Trinajstić information content (AvgIpc) is 3.00. The van der Waals surface area contributed by atoms with Gasteiger partial charge in [0.15, 0.2) is 0 Å². The molecule has 0 heterocycles. The van der Waals surface area contributed by atoms with E-state index >= 15 is 0 Å². The fourth-order valence-electron chi connectivity index (χ4n) is 3.29. The summed E-state index contributed by atoms with van der Waals surface area (Å²) < 4.78 is 55.5. The second-order valence-corrected chi connectivity index (χ2v) is 21.7. The molecule has 1 aromatic rings. The molecule has 262 valence electrons. The zero-order valence-electron chi connectivity index (χ0n) is 29.6. The molecule has 1 rings (SSSR count). The lowest BCUT2D eigenvalue weighted by Gasteiger charge is -2.15. The molecule has 0 spiro atoms. The van der Waals surface area contributed by atoms with Gasteiger partial charge in [-0.3, -0.25) is 0 Å². The molecule has 0 aliphatic heterocycles. The third-order valence-corrected chi connectivity index (χ3v) is 7.30. The first-order valence-corrected chi connectivity index (χ1v) is 23.0. The summed E-state index contributed by atoms with van der Waals surface area (Å²) in [5, 5.41) is 0. The fourth-order valence-corrected chi connectivity index (χ4v) is 4.31. The lowest BCUT2D eigenvalue weighted by molar-refractivity contribution is 0.0000223. The highest BCUT2D eigenvalue weighted by molar-refractivity contribution is 6.84. The van der Waals surface area contributed by atoms with Crippen LogP contribution in [-0.4, -0.2) is 136 Å². The second kappa shape index (κ2) is 26.1. The van der Waals surface area contributed by atoms with Gasteiger partial charge < -0.3 is 47.4 Å². The van der Waals surface area contributed by atoms with E-state index in [1.807, 2.05) is 12.1 Å². The van der Waals surface area contributed by atoms with E-state index in [1.165, 1.54) is 0 Å². The van der Waals surface area contributed by atoms with Crippen molar-refractivity contribution in [2.75, 3.05) is 120 Å². The van der Waals surface area contributed by atoms with Crippen LogP contribution in [0.4, 0.5) is 0 Å². The van der Waals surface area contributed by atoms with E-state index < -0.39 is 16.1 Å². The Morgan fingerprint density at radius 1 is 0.413 bits per heavy atom. The summed E-state index contributed by atoms with van der Waals surface area (Å²) in [7, 11) is 0.0154. The Balaban J connectivity index is 2.74. The van der Waals surface area contributed by atoms with E-state index in [0.717, 1.165) is 11.1 Å². The van der Waals surface area contributed by atoms with Crippen LogP contribution in [0.25, 0.3) is 0 Å². The Morgan fingerprint density at radius 2 is 0.674 bits per heavy atom. The minimum absolute atomic E-state index is 0.373. The second-order valence-electron chi connectivity index (χ2n) is 12.2. The molecule has 0 unspecified atom stereocenters. The van der Waals surface area contributed by atoms with E-state index in [2.05, 4.69) is 62.2 Å². The predicted molar refractivity (Wildman–Crippen MR) is 187 cm³/mol. The molecule has 10 nitrogen and oxygen atoms in total. The van der Waals surface area contributed by atoms with Crippen molar-refractivity contribution in [2.24, 2.45) is 0 Å². The van der Waals surface area contributed by atoms with Crippen molar-refractivity contribution in [3.63, 3.8) is 0 Å². The SMILES string of the molecule is COCCOCCOCCOCCOc1cc(C#C[Si](C)(C)C)c(OCCOCCOCCOCCOC)cc1C#C[Si](C)(C)C. The Hall–Kier alpha value is -1.95. The maximum atomic E-state index is 6.18. The molecule has 0 radical (unpaired) electrons. The maximum absolute atomic E-state index is 6.18. The summed E-state index contributed by atoms with van der Waals surface area (Å²) in [5.74, 6) is 8.05. The Kier molecular flexibility index (Phi) is 23.8. The van der Waals surface area contributed by atoms with Crippen molar-refractivity contribution in [3.05, 3.63) is 23.3 Å². The average molecular weight is 683 g/mol. The highest BCUT2D eigenvalue weighted by Crippen LogP contribution is 2.29. The van der Waals surface area contributed by atoms with Crippen LogP contribution in [0.1, 0.15) is 11.1 Å². The number of benzene rings is 1. The molecule has 46 heavy (non-hydrogen) atoms. The van der Waals surface area contributed by atoms with Crippen LogP contribution in [-0.2, 0) is 37.9 Å². The summed E-state index contributed by atoms with van der Waals surface area (Å²) in [5.41, 5.74) is 8.44. The van der Waals surface area contributed by atoms with Crippen molar-refractivity contribution >= 4 is 16.1 Å². The van der Waals surface area contributed by atoms with Gasteiger partial charge in [0.05, 0.1) is 104 Å². The quantitative estimate of drug-likeness (QED) is 0.0801. The largest absolute Gasteiger partial charge is 0.490 e. The van der Waals surface area contributed by atoms with Crippen LogP contribution >= 0.6 is 0 Å². The topological polar surface area (TPSA) is 92.3 Å². The number of hydrogen-bond acceptors (Lipinski definition) is 10. The van der Waals surface area contributed by atoms with Crippen LogP contribution in [0.3, 0.4) is 0 Å². The third-order valence-electron chi connectivity index (χ3n) is 5.55. The number of methoxy groups -OCH3 is 2. The van der Waals surface area contributed by atoms with E-state index in [9.17, 15) is 0 Å². The van der Waals surface area contributed by atoms with E-state index in [-0.39, 0.29) is 0 Å². The molecule has 0 N–H and O–H groups in total. The van der Waals surface area contributed by atoms with Crippen LogP contribution in [0.5, 0.6) is 11.5 Å². The zero-order valence-corrected chi connectivity index (χ0v) is 31.6. The van der Waals surface area contributed by atoms with Crippen LogP contribution in [0, 0.1) is 22.9 Å². The summed E-state index contributed by atoms with van der Waals surface area (Å²) in [4.78, 5) is 0. The van der Waals surface area contributed by atoms with Gasteiger partial charge in [0, 0.05) is 26.4 Å². The van der Waals surface area contributed by atoms with Gasteiger partial charge in [-0.25, -0.2) is 0 Å². The predicted octanol–water partition coefficient (Wildman–Crippen LogP) is 4.29. The van der Waals surface area contributed by atoms with E-state index in [0.29, 0.717) is 117 Å². The molecule has 0 aliphatic rings. The van der Waals surface area contributed by atoms with Gasteiger partial charge in [0.25, 0.3) is 0 Å². The molecular formula is C34H58O10Si2. The van der Waals surface area contributed by atoms with Crippen molar-refractivity contribution in [2.45, 2.75) is 39.3 Å². The highest BCUT2D eigenvalue weighted by atomic mass is 28.3. The van der Waals surface area contributed by atoms with Crippen molar-refractivity contribution in [3.8, 4) is 34.4 Å². The lowest BCUT2D eigenvalue weighted by atomic mass is 10.1. The first kappa shape index (κ1) is 42.1. The first-order valence-electron chi connectivity index (χ1n) is 16.0. The molecule has 0 bridgehead atoms. The van der Waals surface area contributed by atoms with Crippen LogP contribution in [0.15, 0.2) is 12.1 Å². The minimum atomic E-state index is -1.64. The molecule has 1 aromatic carbocycles. The summed E-state index contributed by atoms with van der Waals surface area (Å²) in [6.07, 6.45) is 0. The van der Waals surface area contributed by atoms with E-state index in [1.54, 1.807) is 14.2 Å². The van der Waals surface area contributed by atoms with Crippen molar-refractivity contribution in [1.82, 2.24) is 0 Å². The molecule has 0 saturated carbocycles. The normalized spacial score (nSPS) is 11.5. The molecular weight excluding hydrogens is 625 g/mol. The number of ether oxygens (including phenoxy) is 10. The van der Waals surface area contributed by atoms with Crippen LogP contribution in [0.2, 0.25) is 39.3 Å². The fraction of sp³-hybridized carbons (Fsp3) is 0.706. The van der Waals surface area contributed by atoms with Crippen molar-refractivity contribution < 1.29 is 47.4 Å². The zero-order chi connectivity index (χ0) is 33.9. The van der Waals surface area contributed by atoms with Gasteiger partial charge in [-0.15, -0.1) is 11.1 Å². The van der Waals surface area contributed by atoms with Gasteiger partial charge in [0.1, 0.15) is 40.9 Å². The maximum Gasteiger partial charge on any atom is 0.136 e. The summed E-state index contributed by atoms with van der Waals surface area (Å²) in [6, 6.07) is 3.87. The van der Waals surface area contributed by atoms with Gasteiger partial charge in [0.2, 0.25) is 0 Å². The van der Waals surface area contributed by atoms with Gasteiger partial charge in [-0.05, 0) is 0 Å².